The number of allylic oxidation sites excluding steroid dienone is 1. The van der Waals surface area contributed by atoms with Crippen LogP contribution in [0.4, 0.5) is 8.78 Å². The van der Waals surface area contributed by atoms with Crippen LogP contribution >= 0.6 is 0 Å². The Hall–Kier alpha value is -1.44. The third-order valence-corrected chi connectivity index (χ3v) is 2.72. The molecule has 1 fully saturated rings. The number of ether oxygens (including phenoxy) is 2. The SMILES string of the molecule is CC1(C)OC(=O)C(=C([O-])Cc2cc(F)ccc2F)C(=O)O1.[Na+]. The second kappa shape index (κ2) is 6.76. The molecule has 22 heavy (non-hydrogen) atoms. The Morgan fingerprint density at radius 1 is 1.18 bits per heavy atom. The quantitative estimate of drug-likeness (QED) is 0.206. The van der Waals surface area contributed by atoms with Gasteiger partial charge in [-0.1, -0.05) is 0 Å². The first-order valence-corrected chi connectivity index (χ1v) is 6.00. The average Bonchev–Trinajstić information content (AvgIpc) is 2.31. The first-order chi connectivity index (χ1) is 9.69. The van der Waals surface area contributed by atoms with E-state index < -0.39 is 47.1 Å². The van der Waals surface area contributed by atoms with E-state index in [1.54, 1.807) is 0 Å². The zero-order valence-corrected chi connectivity index (χ0v) is 14.2. The summed E-state index contributed by atoms with van der Waals surface area (Å²) in [6.07, 6.45) is -0.649. The van der Waals surface area contributed by atoms with Gasteiger partial charge in [0.05, 0.1) is 0 Å². The number of cyclic esters (lactones) is 2. The third-order valence-electron chi connectivity index (χ3n) is 2.72. The van der Waals surface area contributed by atoms with E-state index in [9.17, 15) is 23.5 Å². The molecule has 2 rings (SSSR count). The molecule has 1 saturated heterocycles. The van der Waals surface area contributed by atoms with E-state index >= 15 is 0 Å². The van der Waals surface area contributed by atoms with Crippen LogP contribution < -0.4 is 34.7 Å². The molecular weight excluding hydrogens is 309 g/mol. The Balaban J connectivity index is 0.00000242. The van der Waals surface area contributed by atoms with Gasteiger partial charge in [0, 0.05) is 13.8 Å². The molecule has 0 atom stereocenters. The van der Waals surface area contributed by atoms with Crippen molar-refractivity contribution in [2.45, 2.75) is 26.1 Å². The molecule has 112 valence electrons. The topological polar surface area (TPSA) is 75.7 Å². The summed E-state index contributed by atoms with van der Waals surface area (Å²) >= 11 is 0. The molecule has 0 unspecified atom stereocenters. The van der Waals surface area contributed by atoms with Crippen LogP contribution in [-0.2, 0) is 25.5 Å². The Labute approximate surface area is 147 Å². The monoisotopic (exact) mass is 320 g/mol. The van der Waals surface area contributed by atoms with E-state index in [2.05, 4.69) is 0 Å². The van der Waals surface area contributed by atoms with Crippen LogP contribution in [0.5, 0.6) is 0 Å². The van der Waals surface area contributed by atoms with Gasteiger partial charge >= 0.3 is 41.5 Å². The number of halogens is 2. The molecule has 8 heteroatoms. The van der Waals surface area contributed by atoms with Crippen molar-refractivity contribution in [1.29, 1.82) is 0 Å². The van der Waals surface area contributed by atoms with E-state index in [4.69, 9.17) is 9.47 Å². The maximum atomic E-state index is 13.5. The van der Waals surface area contributed by atoms with Gasteiger partial charge in [0.15, 0.2) is 0 Å². The van der Waals surface area contributed by atoms with E-state index in [0.717, 1.165) is 18.2 Å². The number of hydrogen-bond acceptors (Lipinski definition) is 5. The van der Waals surface area contributed by atoms with Gasteiger partial charge in [0.25, 0.3) is 5.79 Å². The second-order valence-corrected chi connectivity index (χ2v) is 4.89. The van der Waals surface area contributed by atoms with Crippen molar-refractivity contribution in [3.8, 4) is 0 Å². The molecule has 0 bridgehead atoms. The average molecular weight is 320 g/mol. The number of rotatable bonds is 2. The Bertz CT molecular complexity index is 633. The first kappa shape index (κ1) is 18.6. The van der Waals surface area contributed by atoms with Crippen molar-refractivity contribution in [3.63, 3.8) is 0 Å². The molecule has 5 nitrogen and oxygen atoms in total. The summed E-state index contributed by atoms with van der Waals surface area (Å²) < 4.78 is 36.0. The van der Waals surface area contributed by atoms with Gasteiger partial charge in [-0.05, 0) is 30.2 Å². The first-order valence-electron chi connectivity index (χ1n) is 6.00. The Morgan fingerprint density at radius 2 is 1.73 bits per heavy atom. The molecule has 0 N–H and O–H groups in total. The van der Waals surface area contributed by atoms with Crippen molar-refractivity contribution < 1.29 is 62.5 Å². The standard InChI is InChI=1S/C14H12F2O5.Na/c1-14(2)20-12(18)11(13(19)21-14)10(17)6-7-5-8(15)3-4-9(7)16;/h3-5,17H,6H2,1-2H3;/q;+1/p-1. The molecule has 1 aliphatic heterocycles. The number of benzene rings is 1. The normalized spacial score (nSPS) is 16.5. The van der Waals surface area contributed by atoms with Crippen molar-refractivity contribution in [2.24, 2.45) is 0 Å². The molecule has 1 aromatic rings. The minimum Gasteiger partial charge on any atom is -0.874 e. The zero-order chi connectivity index (χ0) is 15.8. The summed E-state index contributed by atoms with van der Waals surface area (Å²) in [5, 5.41) is 11.9. The van der Waals surface area contributed by atoms with E-state index in [1.807, 2.05) is 0 Å². The van der Waals surface area contributed by atoms with Crippen LogP contribution in [0.25, 0.3) is 0 Å². The molecule has 0 saturated carbocycles. The van der Waals surface area contributed by atoms with Gasteiger partial charge in [-0.3, -0.25) is 0 Å². The maximum Gasteiger partial charge on any atom is 1.00 e. The molecule has 0 spiro atoms. The summed E-state index contributed by atoms with van der Waals surface area (Å²) in [5.41, 5.74) is -1.10. The number of carbonyl (C=O) groups is 2. The van der Waals surface area contributed by atoms with Crippen LogP contribution in [0.3, 0.4) is 0 Å². The summed E-state index contributed by atoms with van der Waals surface area (Å²) in [4.78, 5) is 23.3. The fraction of sp³-hybridized carbons (Fsp3) is 0.286. The Kier molecular flexibility index (Phi) is 5.72. The minimum absolute atomic E-state index is 0. The number of esters is 2. The van der Waals surface area contributed by atoms with Gasteiger partial charge < -0.3 is 14.6 Å². The van der Waals surface area contributed by atoms with Crippen molar-refractivity contribution in [1.82, 2.24) is 0 Å². The van der Waals surface area contributed by atoms with E-state index in [1.165, 1.54) is 13.8 Å². The van der Waals surface area contributed by atoms with Crippen molar-refractivity contribution >= 4 is 11.9 Å². The van der Waals surface area contributed by atoms with Crippen LogP contribution in [0.2, 0.25) is 0 Å². The fourth-order valence-electron chi connectivity index (χ4n) is 1.82. The van der Waals surface area contributed by atoms with Gasteiger partial charge in [-0.2, -0.15) is 0 Å². The summed E-state index contributed by atoms with van der Waals surface area (Å²) in [6, 6.07) is 2.56. The molecule has 0 radical (unpaired) electrons. The van der Waals surface area contributed by atoms with E-state index in [-0.39, 0.29) is 35.1 Å². The smallest absolute Gasteiger partial charge is 0.874 e. The van der Waals surface area contributed by atoms with Gasteiger partial charge in [0.1, 0.15) is 17.2 Å². The van der Waals surface area contributed by atoms with Crippen LogP contribution in [0.15, 0.2) is 29.5 Å². The summed E-state index contributed by atoms with van der Waals surface area (Å²) in [6.45, 7) is 2.66. The van der Waals surface area contributed by atoms with Crippen LogP contribution in [0, 0.1) is 11.6 Å². The van der Waals surface area contributed by atoms with Gasteiger partial charge in [0.2, 0.25) is 0 Å². The molecule has 0 amide bonds. The maximum absolute atomic E-state index is 13.5. The largest absolute Gasteiger partial charge is 1.00 e. The fourth-order valence-corrected chi connectivity index (χ4v) is 1.82. The van der Waals surface area contributed by atoms with Crippen molar-refractivity contribution in [2.75, 3.05) is 0 Å². The molecule has 1 aromatic carbocycles. The summed E-state index contributed by atoms with van der Waals surface area (Å²) in [5.74, 6) is -6.30. The summed E-state index contributed by atoms with van der Waals surface area (Å²) in [7, 11) is 0. The van der Waals surface area contributed by atoms with Gasteiger partial charge in [-0.15, -0.1) is 5.76 Å². The molecule has 1 heterocycles. The molecule has 1 aliphatic rings. The number of hydrogen-bond donors (Lipinski definition) is 0. The van der Waals surface area contributed by atoms with Crippen molar-refractivity contribution in [3.05, 3.63) is 46.7 Å². The van der Waals surface area contributed by atoms with Crippen LogP contribution in [-0.4, -0.2) is 17.7 Å². The second-order valence-electron chi connectivity index (χ2n) is 4.89. The third kappa shape index (κ3) is 4.06. The number of carbonyl (C=O) groups excluding carboxylic acids is 2. The predicted octanol–water partition coefficient (Wildman–Crippen LogP) is -2.04. The molecule has 0 aliphatic carbocycles. The Morgan fingerprint density at radius 3 is 2.27 bits per heavy atom. The predicted molar refractivity (Wildman–Crippen MR) is 63.4 cm³/mol. The molecule has 0 aromatic heterocycles. The zero-order valence-electron chi connectivity index (χ0n) is 12.2. The van der Waals surface area contributed by atoms with Gasteiger partial charge in [-0.25, -0.2) is 18.4 Å². The van der Waals surface area contributed by atoms with Crippen LogP contribution in [0.1, 0.15) is 19.4 Å². The minimum atomic E-state index is -1.47. The van der Waals surface area contributed by atoms with E-state index in [0.29, 0.717) is 0 Å². The molecular formula is C14H11F2NaO5.